The van der Waals surface area contributed by atoms with E-state index < -0.39 is 0 Å². The van der Waals surface area contributed by atoms with E-state index in [1.165, 1.54) is 12.1 Å². The molecule has 3 aromatic rings. The maximum atomic E-state index is 13.1. The minimum Gasteiger partial charge on any atom is -0.351 e. The molecule has 4 rings (SSSR count). The third-order valence-electron chi connectivity index (χ3n) is 4.91. The minimum absolute atomic E-state index is 0.0400. The minimum atomic E-state index is -0.232. The summed E-state index contributed by atoms with van der Waals surface area (Å²) in [7, 11) is 0. The zero-order chi connectivity index (χ0) is 18.1. The van der Waals surface area contributed by atoms with Gasteiger partial charge in [-0.15, -0.1) is 11.3 Å². The van der Waals surface area contributed by atoms with Crippen molar-refractivity contribution >= 4 is 17.2 Å². The third-order valence-corrected chi connectivity index (χ3v) is 5.92. The fourth-order valence-corrected chi connectivity index (χ4v) is 3.93. The molecule has 0 atom stereocenters. The quantitative estimate of drug-likeness (QED) is 0.710. The molecule has 132 valence electrons. The van der Waals surface area contributed by atoms with Gasteiger partial charge in [-0.3, -0.25) is 4.79 Å². The first kappa shape index (κ1) is 16.9. The zero-order valence-corrected chi connectivity index (χ0v) is 15.3. The van der Waals surface area contributed by atoms with Crippen LogP contribution in [-0.2, 0) is 5.41 Å². The van der Waals surface area contributed by atoms with Gasteiger partial charge in [0.15, 0.2) is 0 Å². The van der Waals surface area contributed by atoms with E-state index >= 15 is 0 Å². The van der Waals surface area contributed by atoms with Gasteiger partial charge in [0.2, 0.25) is 0 Å². The van der Waals surface area contributed by atoms with E-state index in [9.17, 15) is 9.18 Å². The van der Waals surface area contributed by atoms with Gasteiger partial charge in [-0.2, -0.15) is 0 Å². The second kappa shape index (κ2) is 6.65. The van der Waals surface area contributed by atoms with Gasteiger partial charge in [-0.25, -0.2) is 9.37 Å². The monoisotopic (exact) mass is 366 g/mol. The van der Waals surface area contributed by atoms with Crippen LogP contribution in [0, 0.1) is 12.7 Å². The summed E-state index contributed by atoms with van der Waals surface area (Å²) in [5.41, 5.74) is 3.71. The van der Waals surface area contributed by atoms with E-state index in [0.717, 1.165) is 34.7 Å². The molecule has 0 bridgehead atoms. The lowest BCUT2D eigenvalue weighted by atomic mass is 9.96. The molecule has 1 aromatic heterocycles. The Hall–Kier alpha value is -2.53. The van der Waals surface area contributed by atoms with Crippen molar-refractivity contribution < 1.29 is 9.18 Å². The molecule has 0 saturated heterocycles. The summed E-state index contributed by atoms with van der Waals surface area (Å²) < 4.78 is 13.1. The van der Waals surface area contributed by atoms with Crippen molar-refractivity contribution in [2.45, 2.75) is 25.2 Å². The Morgan fingerprint density at radius 3 is 2.42 bits per heavy atom. The molecule has 1 aliphatic rings. The number of aryl methyl sites for hydroxylation is 1. The highest BCUT2D eigenvalue weighted by Gasteiger charge is 2.44. The van der Waals surface area contributed by atoms with Crippen LogP contribution < -0.4 is 5.32 Å². The summed E-state index contributed by atoms with van der Waals surface area (Å²) in [6, 6.07) is 14.1. The SMILES string of the molecule is Cc1csc(-c2ccc(C(=O)NCC3(c4ccc(F)cc4)CC3)cc2)n1. The molecule has 1 N–H and O–H groups in total. The van der Waals surface area contributed by atoms with Crippen molar-refractivity contribution in [3.05, 3.63) is 76.5 Å². The standard InChI is InChI=1S/C21H19FN2OS/c1-14-12-26-20(24-14)16-4-2-15(3-5-16)19(25)23-13-21(10-11-21)17-6-8-18(22)9-7-17/h2-9,12H,10-11,13H2,1H3,(H,23,25). The highest BCUT2D eigenvalue weighted by molar-refractivity contribution is 7.13. The smallest absolute Gasteiger partial charge is 0.251 e. The number of aromatic nitrogens is 1. The lowest BCUT2D eigenvalue weighted by molar-refractivity contribution is 0.0949. The Morgan fingerprint density at radius 1 is 1.15 bits per heavy atom. The number of nitrogens with one attached hydrogen (secondary N) is 1. The fraction of sp³-hybridized carbons (Fsp3) is 0.238. The number of amides is 1. The highest BCUT2D eigenvalue weighted by atomic mass is 32.1. The molecule has 1 heterocycles. The molecular formula is C21H19FN2OS. The van der Waals surface area contributed by atoms with Crippen molar-refractivity contribution in [2.24, 2.45) is 0 Å². The van der Waals surface area contributed by atoms with E-state index in [1.54, 1.807) is 11.3 Å². The Labute approximate surface area is 155 Å². The molecule has 3 nitrogen and oxygen atoms in total. The highest BCUT2D eigenvalue weighted by Crippen LogP contribution is 2.47. The number of hydrogen-bond acceptors (Lipinski definition) is 3. The van der Waals surface area contributed by atoms with Crippen molar-refractivity contribution in [3.63, 3.8) is 0 Å². The van der Waals surface area contributed by atoms with Crippen LogP contribution in [0.1, 0.15) is 34.5 Å². The van der Waals surface area contributed by atoms with Gasteiger partial charge in [0.25, 0.3) is 5.91 Å². The largest absolute Gasteiger partial charge is 0.351 e. The summed E-state index contributed by atoms with van der Waals surface area (Å²) in [6.45, 7) is 2.54. The van der Waals surface area contributed by atoms with Crippen LogP contribution in [0.15, 0.2) is 53.9 Å². The molecule has 26 heavy (non-hydrogen) atoms. The average Bonchev–Trinajstić information content (AvgIpc) is 3.33. The number of benzene rings is 2. The predicted molar refractivity (Wildman–Crippen MR) is 102 cm³/mol. The van der Waals surface area contributed by atoms with Crippen molar-refractivity contribution in [2.75, 3.05) is 6.54 Å². The summed E-state index contributed by atoms with van der Waals surface area (Å²) in [6.07, 6.45) is 2.03. The lowest BCUT2D eigenvalue weighted by Crippen LogP contribution is -2.32. The number of carbonyl (C=O) groups is 1. The van der Waals surface area contributed by atoms with Gasteiger partial charge >= 0.3 is 0 Å². The van der Waals surface area contributed by atoms with Crippen LogP contribution in [-0.4, -0.2) is 17.4 Å². The van der Waals surface area contributed by atoms with Gasteiger partial charge in [0.05, 0.1) is 0 Å². The Kier molecular flexibility index (Phi) is 4.32. The number of nitrogens with zero attached hydrogens (tertiary/aromatic N) is 1. The summed E-state index contributed by atoms with van der Waals surface area (Å²) in [5.74, 6) is -0.315. The lowest BCUT2D eigenvalue weighted by Gasteiger charge is -2.16. The van der Waals surface area contributed by atoms with E-state index in [1.807, 2.05) is 48.7 Å². The molecule has 1 aliphatic carbocycles. The van der Waals surface area contributed by atoms with Gasteiger partial charge < -0.3 is 5.32 Å². The second-order valence-electron chi connectivity index (χ2n) is 6.84. The predicted octanol–water partition coefficient (Wildman–Crippen LogP) is 4.72. The second-order valence-corrected chi connectivity index (χ2v) is 7.70. The van der Waals surface area contributed by atoms with Crippen molar-refractivity contribution in [3.8, 4) is 10.6 Å². The summed E-state index contributed by atoms with van der Waals surface area (Å²) in [4.78, 5) is 16.9. The molecule has 0 unspecified atom stereocenters. The summed E-state index contributed by atoms with van der Waals surface area (Å²) in [5, 5.41) is 6.01. The normalized spacial score (nSPS) is 14.8. The maximum Gasteiger partial charge on any atom is 0.251 e. The van der Waals surface area contributed by atoms with Gasteiger partial charge in [0.1, 0.15) is 10.8 Å². The maximum absolute atomic E-state index is 13.1. The number of thiazole rings is 1. The number of carbonyl (C=O) groups excluding carboxylic acids is 1. The van der Waals surface area contributed by atoms with Gasteiger partial charge in [-0.05, 0) is 49.6 Å². The first-order valence-corrected chi connectivity index (χ1v) is 9.51. The van der Waals surface area contributed by atoms with E-state index in [4.69, 9.17) is 0 Å². The molecule has 0 spiro atoms. The van der Waals surface area contributed by atoms with E-state index in [2.05, 4.69) is 10.3 Å². The Bertz CT molecular complexity index is 927. The number of rotatable bonds is 5. The van der Waals surface area contributed by atoms with Crippen LogP contribution in [0.5, 0.6) is 0 Å². The molecular weight excluding hydrogens is 347 g/mol. The third kappa shape index (κ3) is 3.40. The molecule has 5 heteroatoms. The molecule has 2 aromatic carbocycles. The van der Waals surface area contributed by atoms with Crippen LogP contribution in [0.25, 0.3) is 10.6 Å². The Balaban J connectivity index is 1.41. The van der Waals surface area contributed by atoms with Gasteiger partial charge in [-0.1, -0.05) is 24.3 Å². The topological polar surface area (TPSA) is 42.0 Å². The first-order chi connectivity index (χ1) is 12.6. The van der Waals surface area contributed by atoms with Crippen LogP contribution >= 0.6 is 11.3 Å². The number of halogens is 1. The van der Waals surface area contributed by atoms with Crippen molar-refractivity contribution in [1.29, 1.82) is 0 Å². The molecule has 1 fully saturated rings. The average molecular weight is 366 g/mol. The fourth-order valence-electron chi connectivity index (χ4n) is 3.12. The van der Waals surface area contributed by atoms with E-state index in [0.29, 0.717) is 12.1 Å². The van der Waals surface area contributed by atoms with Gasteiger partial charge in [0, 0.05) is 34.2 Å². The number of hydrogen-bond donors (Lipinski definition) is 1. The molecule has 1 amide bonds. The molecule has 0 aliphatic heterocycles. The molecule has 0 radical (unpaired) electrons. The van der Waals surface area contributed by atoms with Crippen LogP contribution in [0.4, 0.5) is 4.39 Å². The summed E-state index contributed by atoms with van der Waals surface area (Å²) >= 11 is 1.60. The van der Waals surface area contributed by atoms with Crippen LogP contribution in [0.2, 0.25) is 0 Å². The van der Waals surface area contributed by atoms with E-state index in [-0.39, 0.29) is 17.1 Å². The first-order valence-electron chi connectivity index (χ1n) is 8.63. The Morgan fingerprint density at radius 2 is 1.85 bits per heavy atom. The van der Waals surface area contributed by atoms with Crippen LogP contribution in [0.3, 0.4) is 0 Å². The zero-order valence-electron chi connectivity index (χ0n) is 14.5. The van der Waals surface area contributed by atoms with Crippen molar-refractivity contribution in [1.82, 2.24) is 10.3 Å². The molecule has 1 saturated carbocycles.